The zero-order chi connectivity index (χ0) is 27.5. The first-order chi connectivity index (χ1) is 17.4. The van der Waals surface area contributed by atoms with E-state index in [1.54, 1.807) is 4.90 Å². The van der Waals surface area contributed by atoms with Crippen molar-refractivity contribution in [1.29, 1.82) is 0 Å². The van der Waals surface area contributed by atoms with Crippen molar-refractivity contribution >= 4 is 23.5 Å². The highest BCUT2D eigenvalue weighted by molar-refractivity contribution is 5.98. The van der Waals surface area contributed by atoms with E-state index in [1.807, 2.05) is 31.2 Å². The predicted octanol–water partition coefficient (Wildman–Crippen LogP) is 0.0524. The number of rotatable bonds is 9. The normalized spacial score (nSPS) is 24.9. The molecule has 204 valence electrons. The Labute approximate surface area is 218 Å². The molecule has 1 aromatic rings. The monoisotopic (exact) mass is 516 g/mol. The Morgan fingerprint density at radius 3 is 2.43 bits per heavy atom. The van der Waals surface area contributed by atoms with Gasteiger partial charge in [0.15, 0.2) is 5.78 Å². The first kappa shape index (κ1) is 28.7. The SMILES string of the molecule is CC(=O)[C@@H](NC(=O)[C@]1(Cc2cccc(C)c2)CCCN1C(=O)[C@@H]1CCCN1C(=O)[C@@H](N)[C@@H](C)O)[C@@H](C)O. The average molecular weight is 517 g/mol. The summed E-state index contributed by atoms with van der Waals surface area (Å²) in [5.41, 5.74) is 6.48. The molecule has 6 atom stereocenters. The lowest BCUT2D eigenvalue weighted by atomic mass is 9.85. The maximum Gasteiger partial charge on any atom is 0.246 e. The summed E-state index contributed by atoms with van der Waals surface area (Å²) in [4.78, 5) is 56.0. The number of aliphatic hydroxyl groups excluding tert-OH is 2. The van der Waals surface area contributed by atoms with Gasteiger partial charge in [0.2, 0.25) is 17.7 Å². The number of nitrogens with zero attached hydrogens (tertiary/aromatic N) is 2. The van der Waals surface area contributed by atoms with Crippen LogP contribution in [-0.4, -0.2) is 92.5 Å². The van der Waals surface area contributed by atoms with Gasteiger partial charge in [-0.15, -0.1) is 0 Å². The molecule has 1 aromatic carbocycles. The van der Waals surface area contributed by atoms with Crippen molar-refractivity contribution in [2.75, 3.05) is 13.1 Å². The van der Waals surface area contributed by atoms with Crippen LogP contribution in [0.25, 0.3) is 0 Å². The minimum atomic E-state index is -1.29. The molecule has 37 heavy (non-hydrogen) atoms. The molecule has 0 saturated carbocycles. The van der Waals surface area contributed by atoms with Gasteiger partial charge in [-0.2, -0.15) is 0 Å². The van der Waals surface area contributed by atoms with Gasteiger partial charge in [-0.05, 0) is 58.9 Å². The van der Waals surface area contributed by atoms with Crippen LogP contribution in [0.3, 0.4) is 0 Å². The van der Waals surface area contributed by atoms with Gasteiger partial charge in [-0.25, -0.2) is 0 Å². The summed E-state index contributed by atoms with van der Waals surface area (Å²) in [7, 11) is 0. The van der Waals surface area contributed by atoms with E-state index in [1.165, 1.54) is 25.7 Å². The van der Waals surface area contributed by atoms with Crippen LogP contribution < -0.4 is 11.1 Å². The third-order valence-corrected chi connectivity index (χ3v) is 7.59. The van der Waals surface area contributed by atoms with Crippen LogP contribution in [-0.2, 0) is 25.6 Å². The Balaban J connectivity index is 1.98. The highest BCUT2D eigenvalue weighted by Crippen LogP contribution is 2.36. The zero-order valence-electron chi connectivity index (χ0n) is 22.1. The molecule has 0 aliphatic carbocycles. The third kappa shape index (κ3) is 6.02. The summed E-state index contributed by atoms with van der Waals surface area (Å²) in [6.45, 7) is 6.77. The van der Waals surface area contributed by atoms with Crippen LogP contribution >= 0.6 is 0 Å². The molecule has 2 fully saturated rings. The van der Waals surface area contributed by atoms with Crippen molar-refractivity contribution in [2.45, 2.75) is 95.7 Å². The quantitative estimate of drug-likeness (QED) is 0.362. The molecule has 0 radical (unpaired) electrons. The first-order valence-corrected chi connectivity index (χ1v) is 13.0. The van der Waals surface area contributed by atoms with E-state index in [9.17, 15) is 29.4 Å². The molecule has 3 rings (SSSR count). The van der Waals surface area contributed by atoms with Crippen molar-refractivity contribution in [2.24, 2.45) is 5.73 Å². The number of carbonyl (C=O) groups excluding carboxylic acids is 4. The number of carbonyl (C=O) groups is 4. The summed E-state index contributed by atoms with van der Waals surface area (Å²) in [6, 6.07) is 4.65. The summed E-state index contributed by atoms with van der Waals surface area (Å²) < 4.78 is 0. The fourth-order valence-electron chi connectivity index (χ4n) is 5.56. The number of hydrogen-bond donors (Lipinski definition) is 4. The first-order valence-electron chi connectivity index (χ1n) is 13.0. The summed E-state index contributed by atoms with van der Waals surface area (Å²) in [6.07, 6.45) is 0.0337. The number of likely N-dealkylation sites (tertiary alicyclic amines) is 2. The standard InChI is InChI=1S/C27H40N4O6/c1-16-8-5-9-20(14-16)15-27(26(37)29-23(18(3)33)19(4)34)11-7-13-31(27)24(35)21-10-6-12-30(21)25(36)22(28)17(2)32/h5,8-9,14,17-18,21-23,32-33H,6-7,10-13,15,28H2,1-4H3,(H,29,37)/t17-,18-,21+,22+,23+,27-/m1/s1. The van der Waals surface area contributed by atoms with Gasteiger partial charge in [0, 0.05) is 19.5 Å². The molecule has 10 nitrogen and oxygen atoms in total. The zero-order valence-corrected chi connectivity index (χ0v) is 22.1. The van der Waals surface area contributed by atoms with Gasteiger partial charge in [-0.1, -0.05) is 29.8 Å². The second-order valence-electron chi connectivity index (χ2n) is 10.5. The van der Waals surface area contributed by atoms with Crippen molar-refractivity contribution in [3.8, 4) is 0 Å². The van der Waals surface area contributed by atoms with E-state index in [0.717, 1.165) is 11.1 Å². The Kier molecular flexibility index (Phi) is 9.09. The number of aryl methyl sites for hydroxylation is 1. The van der Waals surface area contributed by atoms with E-state index in [4.69, 9.17) is 5.73 Å². The summed E-state index contributed by atoms with van der Waals surface area (Å²) >= 11 is 0. The fourth-order valence-corrected chi connectivity index (χ4v) is 5.56. The molecule has 2 aliphatic rings. The van der Waals surface area contributed by atoms with Crippen LogP contribution in [0.1, 0.15) is 57.6 Å². The third-order valence-electron chi connectivity index (χ3n) is 7.59. The molecule has 10 heteroatoms. The second-order valence-corrected chi connectivity index (χ2v) is 10.5. The number of ketones is 1. The number of nitrogens with two attached hydrogens (primary N) is 1. The molecule has 5 N–H and O–H groups in total. The van der Waals surface area contributed by atoms with Crippen LogP contribution in [0.4, 0.5) is 0 Å². The van der Waals surface area contributed by atoms with Crippen molar-refractivity contribution in [3.63, 3.8) is 0 Å². The smallest absolute Gasteiger partial charge is 0.246 e. The molecular formula is C27H40N4O6. The number of benzene rings is 1. The lowest BCUT2D eigenvalue weighted by molar-refractivity contribution is -0.152. The number of hydrogen-bond acceptors (Lipinski definition) is 7. The lowest BCUT2D eigenvalue weighted by Crippen LogP contribution is -2.64. The van der Waals surface area contributed by atoms with Gasteiger partial charge < -0.3 is 31.1 Å². The molecule has 2 aliphatic heterocycles. The number of amides is 3. The molecule has 0 aromatic heterocycles. The Hall–Kier alpha value is -2.82. The second kappa shape index (κ2) is 11.7. The van der Waals surface area contributed by atoms with Crippen LogP contribution in [0, 0.1) is 6.92 Å². The van der Waals surface area contributed by atoms with Gasteiger partial charge in [0.1, 0.15) is 23.7 Å². The van der Waals surface area contributed by atoms with E-state index in [2.05, 4.69) is 5.32 Å². The Morgan fingerprint density at radius 1 is 1.14 bits per heavy atom. The van der Waals surface area contributed by atoms with Crippen LogP contribution in [0.2, 0.25) is 0 Å². The molecular weight excluding hydrogens is 476 g/mol. The summed E-state index contributed by atoms with van der Waals surface area (Å²) in [5, 5.41) is 22.7. The molecule has 2 saturated heterocycles. The molecule has 0 unspecified atom stereocenters. The Bertz CT molecular complexity index is 1030. The minimum Gasteiger partial charge on any atom is -0.391 e. The van der Waals surface area contributed by atoms with Crippen molar-refractivity contribution in [3.05, 3.63) is 35.4 Å². The van der Waals surface area contributed by atoms with Gasteiger partial charge >= 0.3 is 0 Å². The molecule has 0 bridgehead atoms. The van der Waals surface area contributed by atoms with E-state index in [0.29, 0.717) is 38.8 Å². The molecule has 0 spiro atoms. The van der Waals surface area contributed by atoms with Crippen LogP contribution in [0.15, 0.2) is 24.3 Å². The highest BCUT2D eigenvalue weighted by Gasteiger charge is 2.53. The van der Waals surface area contributed by atoms with Crippen molar-refractivity contribution < 1.29 is 29.4 Å². The number of aliphatic hydroxyl groups is 2. The van der Waals surface area contributed by atoms with E-state index >= 15 is 0 Å². The van der Waals surface area contributed by atoms with Crippen molar-refractivity contribution in [1.82, 2.24) is 15.1 Å². The fraction of sp³-hybridized carbons (Fsp3) is 0.630. The van der Waals surface area contributed by atoms with Gasteiger partial charge in [0.05, 0.1) is 12.2 Å². The summed E-state index contributed by atoms with van der Waals surface area (Å²) in [5.74, 6) is -1.73. The minimum absolute atomic E-state index is 0.227. The lowest BCUT2D eigenvalue weighted by Gasteiger charge is -2.41. The maximum atomic E-state index is 14.0. The largest absolute Gasteiger partial charge is 0.391 e. The molecule has 2 heterocycles. The van der Waals surface area contributed by atoms with E-state index < -0.39 is 47.7 Å². The Morgan fingerprint density at radius 2 is 1.84 bits per heavy atom. The maximum absolute atomic E-state index is 14.0. The van der Waals surface area contributed by atoms with Gasteiger partial charge in [-0.3, -0.25) is 19.2 Å². The topological polar surface area (TPSA) is 153 Å². The van der Waals surface area contributed by atoms with E-state index in [-0.39, 0.29) is 18.1 Å². The molecule has 3 amide bonds. The number of Topliss-reactive ketones (excluding diaryl/α,β-unsaturated/α-hetero) is 1. The average Bonchev–Trinajstić information content (AvgIpc) is 3.48. The number of nitrogens with one attached hydrogen (secondary N) is 1. The van der Waals surface area contributed by atoms with Crippen LogP contribution in [0.5, 0.6) is 0 Å². The predicted molar refractivity (Wildman–Crippen MR) is 137 cm³/mol. The van der Waals surface area contributed by atoms with Gasteiger partial charge in [0.25, 0.3) is 0 Å². The highest BCUT2D eigenvalue weighted by atomic mass is 16.3.